The summed E-state index contributed by atoms with van der Waals surface area (Å²) in [6.07, 6.45) is 8.14. The van der Waals surface area contributed by atoms with E-state index >= 15 is 0 Å². The van der Waals surface area contributed by atoms with Crippen LogP contribution in [0.15, 0.2) is 0 Å². The first-order valence-corrected chi connectivity index (χ1v) is 6.23. The van der Waals surface area contributed by atoms with Crippen molar-refractivity contribution >= 4 is 0 Å². The molecule has 1 aliphatic carbocycles. The second-order valence-corrected chi connectivity index (χ2v) is 5.41. The Kier molecular flexibility index (Phi) is 2.29. The molecule has 0 aromatic carbocycles. The predicted molar refractivity (Wildman–Crippen MR) is 56.2 cm³/mol. The standard InChI is InChI=1S/C12H21NO/c1-2-5-12(4-1)7-10(3-6-14-12)11-8-13-9-11/h10-11,13H,1-9H2. The molecule has 2 saturated heterocycles. The molecule has 2 heterocycles. The maximum atomic E-state index is 6.05. The van der Waals surface area contributed by atoms with Crippen LogP contribution in [-0.4, -0.2) is 25.3 Å². The van der Waals surface area contributed by atoms with Gasteiger partial charge in [-0.25, -0.2) is 0 Å². The fourth-order valence-corrected chi connectivity index (χ4v) is 3.48. The van der Waals surface area contributed by atoms with Crippen LogP contribution in [0.2, 0.25) is 0 Å². The van der Waals surface area contributed by atoms with Gasteiger partial charge in [-0.05, 0) is 50.6 Å². The summed E-state index contributed by atoms with van der Waals surface area (Å²) in [5, 5.41) is 3.40. The summed E-state index contributed by atoms with van der Waals surface area (Å²) in [4.78, 5) is 0. The molecular weight excluding hydrogens is 174 g/mol. The van der Waals surface area contributed by atoms with Crippen LogP contribution in [0.5, 0.6) is 0 Å². The van der Waals surface area contributed by atoms with E-state index in [1.807, 2.05) is 0 Å². The molecule has 1 atom stereocenters. The molecule has 1 unspecified atom stereocenters. The van der Waals surface area contributed by atoms with E-state index in [2.05, 4.69) is 5.32 Å². The summed E-state index contributed by atoms with van der Waals surface area (Å²) in [7, 11) is 0. The minimum atomic E-state index is 0.332. The van der Waals surface area contributed by atoms with E-state index < -0.39 is 0 Å². The van der Waals surface area contributed by atoms with E-state index in [9.17, 15) is 0 Å². The van der Waals surface area contributed by atoms with E-state index in [1.54, 1.807) is 0 Å². The minimum Gasteiger partial charge on any atom is -0.375 e. The third kappa shape index (κ3) is 1.49. The average molecular weight is 195 g/mol. The van der Waals surface area contributed by atoms with E-state index in [4.69, 9.17) is 4.74 Å². The summed E-state index contributed by atoms with van der Waals surface area (Å²) in [6, 6.07) is 0. The van der Waals surface area contributed by atoms with Gasteiger partial charge in [0.2, 0.25) is 0 Å². The minimum absolute atomic E-state index is 0.332. The van der Waals surface area contributed by atoms with Gasteiger partial charge >= 0.3 is 0 Å². The van der Waals surface area contributed by atoms with Crippen molar-refractivity contribution in [2.75, 3.05) is 19.7 Å². The Balaban J connectivity index is 1.65. The Bertz CT molecular complexity index is 206. The van der Waals surface area contributed by atoms with Crippen molar-refractivity contribution in [3.8, 4) is 0 Å². The molecule has 2 nitrogen and oxygen atoms in total. The van der Waals surface area contributed by atoms with Crippen molar-refractivity contribution in [3.05, 3.63) is 0 Å². The van der Waals surface area contributed by atoms with Crippen molar-refractivity contribution < 1.29 is 4.74 Å². The molecule has 0 aromatic rings. The Morgan fingerprint density at radius 1 is 1.07 bits per heavy atom. The highest BCUT2D eigenvalue weighted by atomic mass is 16.5. The first-order chi connectivity index (χ1) is 6.88. The Morgan fingerprint density at radius 2 is 1.86 bits per heavy atom. The molecular formula is C12H21NO. The summed E-state index contributed by atoms with van der Waals surface area (Å²) in [6.45, 7) is 3.56. The van der Waals surface area contributed by atoms with Gasteiger partial charge in [0.25, 0.3) is 0 Å². The molecule has 2 heteroatoms. The zero-order valence-electron chi connectivity index (χ0n) is 8.93. The molecule has 0 aromatic heterocycles. The number of ether oxygens (including phenoxy) is 1. The average Bonchev–Trinajstić information content (AvgIpc) is 2.50. The van der Waals surface area contributed by atoms with Gasteiger partial charge in [0, 0.05) is 6.61 Å². The van der Waals surface area contributed by atoms with Gasteiger partial charge in [0.1, 0.15) is 0 Å². The van der Waals surface area contributed by atoms with Gasteiger partial charge in [-0.3, -0.25) is 0 Å². The summed E-state index contributed by atoms with van der Waals surface area (Å²) in [5.41, 5.74) is 0.332. The van der Waals surface area contributed by atoms with Crippen LogP contribution >= 0.6 is 0 Å². The molecule has 1 N–H and O–H groups in total. The molecule has 0 amide bonds. The SMILES string of the molecule is C1CCC2(C1)CC(C1CNC1)CCO2. The summed E-state index contributed by atoms with van der Waals surface area (Å²) >= 11 is 0. The highest BCUT2D eigenvalue weighted by Crippen LogP contribution is 2.44. The van der Waals surface area contributed by atoms with Crippen LogP contribution in [-0.2, 0) is 4.74 Å². The van der Waals surface area contributed by atoms with Crippen molar-refractivity contribution in [3.63, 3.8) is 0 Å². The van der Waals surface area contributed by atoms with Gasteiger partial charge in [-0.1, -0.05) is 12.8 Å². The van der Waals surface area contributed by atoms with Crippen molar-refractivity contribution in [2.24, 2.45) is 11.8 Å². The molecule has 1 saturated carbocycles. The predicted octanol–water partition coefficient (Wildman–Crippen LogP) is 1.95. The number of hydrogen-bond acceptors (Lipinski definition) is 2. The second-order valence-electron chi connectivity index (χ2n) is 5.41. The zero-order valence-corrected chi connectivity index (χ0v) is 8.93. The quantitative estimate of drug-likeness (QED) is 0.690. The van der Waals surface area contributed by atoms with Gasteiger partial charge in [0.05, 0.1) is 5.60 Å². The molecule has 14 heavy (non-hydrogen) atoms. The largest absolute Gasteiger partial charge is 0.375 e. The Labute approximate surface area is 86.4 Å². The first-order valence-electron chi connectivity index (χ1n) is 6.23. The summed E-state index contributed by atoms with van der Waals surface area (Å²) < 4.78 is 6.05. The Morgan fingerprint density at radius 3 is 2.50 bits per heavy atom. The van der Waals surface area contributed by atoms with Crippen LogP contribution in [0.25, 0.3) is 0 Å². The normalized spacial score (nSPS) is 37.3. The number of rotatable bonds is 1. The van der Waals surface area contributed by atoms with Crippen LogP contribution in [0, 0.1) is 11.8 Å². The van der Waals surface area contributed by atoms with Crippen LogP contribution < -0.4 is 5.32 Å². The maximum Gasteiger partial charge on any atom is 0.0685 e. The van der Waals surface area contributed by atoms with Gasteiger partial charge in [-0.15, -0.1) is 0 Å². The topological polar surface area (TPSA) is 21.3 Å². The molecule has 3 aliphatic rings. The highest BCUT2D eigenvalue weighted by Gasteiger charge is 2.42. The fraction of sp³-hybridized carbons (Fsp3) is 1.00. The third-order valence-corrected chi connectivity index (χ3v) is 4.53. The van der Waals surface area contributed by atoms with Crippen molar-refractivity contribution in [1.82, 2.24) is 5.32 Å². The lowest BCUT2D eigenvalue weighted by Crippen LogP contribution is -2.50. The number of nitrogens with one attached hydrogen (secondary N) is 1. The van der Waals surface area contributed by atoms with Crippen LogP contribution in [0.3, 0.4) is 0 Å². The van der Waals surface area contributed by atoms with Crippen molar-refractivity contribution in [2.45, 2.75) is 44.1 Å². The van der Waals surface area contributed by atoms with Gasteiger partial charge in [-0.2, -0.15) is 0 Å². The monoisotopic (exact) mass is 195 g/mol. The molecule has 3 rings (SSSR count). The Hall–Kier alpha value is -0.0800. The maximum absolute atomic E-state index is 6.05. The van der Waals surface area contributed by atoms with Gasteiger partial charge < -0.3 is 10.1 Å². The van der Waals surface area contributed by atoms with Gasteiger partial charge in [0.15, 0.2) is 0 Å². The smallest absolute Gasteiger partial charge is 0.0685 e. The molecule has 1 spiro atoms. The van der Waals surface area contributed by atoms with E-state index in [1.165, 1.54) is 51.6 Å². The third-order valence-electron chi connectivity index (χ3n) is 4.53. The zero-order chi connectivity index (χ0) is 9.43. The van der Waals surface area contributed by atoms with E-state index in [-0.39, 0.29) is 0 Å². The lowest BCUT2D eigenvalue weighted by atomic mass is 9.75. The molecule has 0 radical (unpaired) electrons. The molecule has 80 valence electrons. The first kappa shape index (κ1) is 9.17. The lowest BCUT2D eigenvalue weighted by molar-refractivity contribution is -0.105. The molecule has 0 bridgehead atoms. The van der Waals surface area contributed by atoms with Crippen LogP contribution in [0.1, 0.15) is 38.5 Å². The summed E-state index contributed by atoms with van der Waals surface area (Å²) in [5.74, 6) is 1.93. The van der Waals surface area contributed by atoms with Crippen molar-refractivity contribution in [1.29, 1.82) is 0 Å². The second kappa shape index (κ2) is 3.49. The van der Waals surface area contributed by atoms with E-state index in [0.717, 1.165) is 18.4 Å². The molecule has 3 fully saturated rings. The fourth-order valence-electron chi connectivity index (χ4n) is 3.48. The van der Waals surface area contributed by atoms with Crippen LogP contribution in [0.4, 0.5) is 0 Å². The molecule has 2 aliphatic heterocycles. The van der Waals surface area contributed by atoms with E-state index in [0.29, 0.717) is 5.60 Å². The lowest BCUT2D eigenvalue weighted by Gasteiger charge is -2.44. The number of hydrogen-bond donors (Lipinski definition) is 1. The highest BCUT2D eigenvalue weighted by molar-refractivity contribution is 4.95.